The molecule has 8 nitrogen and oxygen atoms in total. The number of nitrogens with zero attached hydrogens (tertiary/aromatic N) is 2. The first kappa shape index (κ1) is 23.3. The summed E-state index contributed by atoms with van der Waals surface area (Å²) in [5, 5.41) is 9.60. The quantitative estimate of drug-likeness (QED) is 0.403. The zero-order valence-electron chi connectivity index (χ0n) is 18.4. The molecule has 3 aliphatic rings. The summed E-state index contributed by atoms with van der Waals surface area (Å²) in [5.74, 6) is 0.852. The van der Waals surface area contributed by atoms with Crippen molar-refractivity contribution in [3.05, 3.63) is 0 Å². The molecule has 0 bridgehead atoms. The van der Waals surface area contributed by atoms with Gasteiger partial charge in [0.15, 0.2) is 15.8 Å². The molecule has 1 aliphatic carbocycles. The number of aliphatic imine (C=N–C) groups is 1. The lowest BCUT2D eigenvalue weighted by Gasteiger charge is -2.48. The van der Waals surface area contributed by atoms with E-state index in [2.05, 4.69) is 25.8 Å². The van der Waals surface area contributed by atoms with E-state index in [1.807, 2.05) is 0 Å². The maximum Gasteiger partial charge on any atom is 0.222 e. The third-order valence-electron chi connectivity index (χ3n) is 6.86. The Kier molecular flexibility index (Phi) is 8.39. The molecule has 2 aliphatic heterocycles. The summed E-state index contributed by atoms with van der Waals surface area (Å²) in [6.45, 7) is 3.76. The Labute approximate surface area is 181 Å². The van der Waals surface area contributed by atoms with Crippen molar-refractivity contribution in [1.29, 1.82) is 0 Å². The molecular weight excluding hydrogens is 402 g/mol. The van der Waals surface area contributed by atoms with Gasteiger partial charge in [0.05, 0.1) is 11.5 Å². The number of nitrogens with one attached hydrogen (secondary N) is 3. The summed E-state index contributed by atoms with van der Waals surface area (Å²) >= 11 is 0. The van der Waals surface area contributed by atoms with Crippen LogP contribution in [0.15, 0.2) is 4.99 Å². The first-order valence-corrected chi connectivity index (χ1v) is 13.4. The lowest BCUT2D eigenvalue weighted by Crippen LogP contribution is -2.59. The van der Waals surface area contributed by atoms with Crippen LogP contribution in [0.25, 0.3) is 0 Å². The molecule has 0 aromatic carbocycles. The maximum atomic E-state index is 12.1. The van der Waals surface area contributed by atoms with E-state index in [0.29, 0.717) is 19.4 Å². The standard InChI is InChI=1S/C21H39N5O3S/c1-22-20(23-12-8-19(27)25-18-9-15-30(28,29)16-18)24-17-21(10-4-2-5-11-21)26-13-6-3-7-14-26/h18H,2-17H2,1H3,(H,25,27)(H2,22,23,24). The summed E-state index contributed by atoms with van der Waals surface area (Å²) < 4.78 is 23.0. The molecule has 0 aromatic rings. The Balaban J connectivity index is 1.42. The van der Waals surface area contributed by atoms with Gasteiger partial charge in [0.25, 0.3) is 0 Å². The summed E-state index contributed by atoms with van der Waals surface area (Å²) in [7, 11) is -1.22. The Bertz CT molecular complexity index is 697. The van der Waals surface area contributed by atoms with Gasteiger partial charge in [-0.05, 0) is 45.2 Å². The van der Waals surface area contributed by atoms with Crippen LogP contribution >= 0.6 is 0 Å². The van der Waals surface area contributed by atoms with E-state index in [4.69, 9.17) is 0 Å². The Morgan fingerprint density at radius 1 is 1.07 bits per heavy atom. The molecule has 30 heavy (non-hydrogen) atoms. The molecule has 1 amide bonds. The van der Waals surface area contributed by atoms with Gasteiger partial charge in [-0.3, -0.25) is 14.7 Å². The number of hydrogen-bond donors (Lipinski definition) is 3. The topological polar surface area (TPSA) is 103 Å². The van der Waals surface area contributed by atoms with Crippen LogP contribution in [0.4, 0.5) is 0 Å². The van der Waals surface area contributed by atoms with Crippen molar-refractivity contribution < 1.29 is 13.2 Å². The SMILES string of the molecule is CN=C(NCCC(=O)NC1CCS(=O)(=O)C1)NCC1(N2CCCCC2)CCCCC1. The highest BCUT2D eigenvalue weighted by Gasteiger charge is 2.38. The van der Waals surface area contributed by atoms with E-state index >= 15 is 0 Å². The fraction of sp³-hybridized carbons (Fsp3) is 0.905. The lowest BCUT2D eigenvalue weighted by atomic mass is 9.79. The smallest absolute Gasteiger partial charge is 0.222 e. The van der Waals surface area contributed by atoms with E-state index in [1.54, 1.807) is 7.05 Å². The molecule has 1 atom stereocenters. The number of piperidine rings is 1. The van der Waals surface area contributed by atoms with Gasteiger partial charge >= 0.3 is 0 Å². The molecule has 3 rings (SSSR count). The van der Waals surface area contributed by atoms with Gasteiger partial charge in [0.1, 0.15) is 0 Å². The largest absolute Gasteiger partial charge is 0.356 e. The highest BCUT2D eigenvalue weighted by atomic mass is 32.2. The average molecular weight is 442 g/mol. The van der Waals surface area contributed by atoms with Crippen molar-refractivity contribution in [3.63, 3.8) is 0 Å². The van der Waals surface area contributed by atoms with E-state index in [9.17, 15) is 13.2 Å². The fourth-order valence-electron chi connectivity index (χ4n) is 5.15. The predicted molar refractivity (Wildman–Crippen MR) is 120 cm³/mol. The predicted octanol–water partition coefficient (Wildman–Crippen LogP) is 1.03. The van der Waals surface area contributed by atoms with Gasteiger partial charge in [-0.15, -0.1) is 0 Å². The first-order chi connectivity index (χ1) is 14.4. The summed E-state index contributed by atoms with van der Waals surface area (Å²) in [6, 6.07) is -0.240. The molecule has 3 fully saturated rings. The molecule has 1 saturated carbocycles. The molecular formula is C21H39N5O3S. The Hall–Kier alpha value is -1.35. The highest BCUT2D eigenvalue weighted by molar-refractivity contribution is 7.91. The molecule has 1 unspecified atom stereocenters. The molecule has 0 aromatic heterocycles. The summed E-state index contributed by atoms with van der Waals surface area (Å²) in [4.78, 5) is 19.2. The minimum absolute atomic E-state index is 0.0635. The number of likely N-dealkylation sites (tertiary alicyclic amines) is 1. The number of sulfone groups is 1. The van der Waals surface area contributed by atoms with Crippen molar-refractivity contribution in [1.82, 2.24) is 20.9 Å². The number of guanidine groups is 1. The second kappa shape index (κ2) is 10.8. The molecule has 2 saturated heterocycles. The van der Waals surface area contributed by atoms with Crippen LogP contribution in [0, 0.1) is 0 Å². The minimum Gasteiger partial charge on any atom is -0.356 e. The van der Waals surface area contributed by atoms with Gasteiger partial charge in [0, 0.05) is 38.1 Å². The van der Waals surface area contributed by atoms with Gasteiger partial charge in [-0.25, -0.2) is 8.42 Å². The second-order valence-electron chi connectivity index (χ2n) is 9.10. The molecule has 2 heterocycles. The van der Waals surface area contributed by atoms with Crippen molar-refractivity contribution in [3.8, 4) is 0 Å². The summed E-state index contributed by atoms with van der Waals surface area (Å²) in [5.41, 5.74) is 0.224. The third-order valence-corrected chi connectivity index (χ3v) is 8.63. The average Bonchev–Trinajstić information content (AvgIpc) is 3.09. The van der Waals surface area contributed by atoms with Crippen LogP contribution in [0.1, 0.15) is 64.2 Å². The van der Waals surface area contributed by atoms with Crippen LogP contribution in [0.3, 0.4) is 0 Å². The Morgan fingerprint density at radius 2 is 1.77 bits per heavy atom. The minimum atomic E-state index is -2.98. The molecule has 0 radical (unpaired) electrons. The van der Waals surface area contributed by atoms with Gasteiger partial charge in [-0.2, -0.15) is 0 Å². The van der Waals surface area contributed by atoms with E-state index in [-0.39, 0.29) is 29.0 Å². The summed E-state index contributed by atoms with van der Waals surface area (Å²) in [6.07, 6.45) is 11.2. The van der Waals surface area contributed by atoms with Crippen LogP contribution in [0.2, 0.25) is 0 Å². The number of carbonyl (C=O) groups excluding carboxylic acids is 1. The van der Waals surface area contributed by atoms with E-state index in [1.165, 1.54) is 64.5 Å². The zero-order chi connectivity index (χ0) is 21.5. The Morgan fingerprint density at radius 3 is 2.40 bits per heavy atom. The second-order valence-corrected chi connectivity index (χ2v) is 11.3. The van der Waals surface area contributed by atoms with Crippen molar-refractivity contribution >= 4 is 21.7 Å². The molecule has 9 heteroatoms. The monoisotopic (exact) mass is 441 g/mol. The lowest BCUT2D eigenvalue weighted by molar-refractivity contribution is -0.121. The maximum absolute atomic E-state index is 12.1. The fourth-order valence-corrected chi connectivity index (χ4v) is 6.83. The normalized spacial score (nSPS) is 26.8. The van der Waals surface area contributed by atoms with Crippen molar-refractivity contribution in [2.24, 2.45) is 4.99 Å². The van der Waals surface area contributed by atoms with E-state index in [0.717, 1.165) is 12.5 Å². The van der Waals surface area contributed by atoms with Gasteiger partial charge in [-0.1, -0.05) is 25.7 Å². The first-order valence-electron chi connectivity index (χ1n) is 11.6. The van der Waals surface area contributed by atoms with Gasteiger partial charge in [0.2, 0.25) is 5.91 Å². The molecule has 0 spiro atoms. The zero-order valence-corrected chi connectivity index (χ0v) is 19.2. The van der Waals surface area contributed by atoms with Crippen molar-refractivity contribution in [2.45, 2.75) is 75.8 Å². The number of amides is 1. The molecule has 172 valence electrons. The van der Waals surface area contributed by atoms with Crippen LogP contribution in [0.5, 0.6) is 0 Å². The third kappa shape index (κ3) is 6.57. The highest BCUT2D eigenvalue weighted by Crippen LogP contribution is 2.35. The van der Waals surface area contributed by atoms with Crippen LogP contribution in [-0.2, 0) is 14.6 Å². The van der Waals surface area contributed by atoms with E-state index < -0.39 is 9.84 Å². The van der Waals surface area contributed by atoms with Crippen LogP contribution < -0.4 is 16.0 Å². The van der Waals surface area contributed by atoms with Crippen LogP contribution in [-0.4, -0.2) is 81.5 Å². The number of rotatable bonds is 7. The van der Waals surface area contributed by atoms with Crippen molar-refractivity contribution in [2.75, 3.05) is 44.7 Å². The molecule has 3 N–H and O–H groups in total. The number of hydrogen-bond acceptors (Lipinski definition) is 5. The number of carbonyl (C=O) groups is 1. The van der Waals surface area contributed by atoms with Gasteiger partial charge < -0.3 is 16.0 Å².